The minimum atomic E-state index is -1.46. The first-order chi connectivity index (χ1) is 19.9. The molecular weight excluding hydrogens is 540 g/mol. The van der Waals surface area contributed by atoms with Crippen LogP contribution in [0.5, 0.6) is 5.75 Å². The highest BCUT2D eigenvalue weighted by molar-refractivity contribution is 8.00. The number of carbonyl (C=O) groups is 1. The Hall–Kier alpha value is -4.65. The average molecular weight is 567 g/mol. The summed E-state index contributed by atoms with van der Waals surface area (Å²) >= 11 is 1.20. The molecule has 0 saturated carbocycles. The molecule has 5 rings (SSSR count). The van der Waals surface area contributed by atoms with Gasteiger partial charge in [0, 0.05) is 23.6 Å². The predicted octanol–water partition coefficient (Wildman–Crippen LogP) is 5.48. The van der Waals surface area contributed by atoms with Gasteiger partial charge in [-0.25, -0.2) is 4.98 Å². The smallest absolute Gasteiger partial charge is 0.306 e. The van der Waals surface area contributed by atoms with Crippen LogP contribution >= 0.6 is 11.8 Å². The van der Waals surface area contributed by atoms with Crippen LogP contribution in [0.4, 0.5) is 0 Å². The van der Waals surface area contributed by atoms with E-state index in [4.69, 9.17) is 13.9 Å². The molecule has 0 aliphatic rings. The number of hydrogen-bond donors (Lipinski definition) is 1. The van der Waals surface area contributed by atoms with Crippen molar-refractivity contribution in [3.05, 3.63) is 118 Å². The summed E-state index contributed by atoms with van der Waals surface area (Å²) in [6.45, 7) is 0.243. The van der Waals surface area contributed by atoms with E-state index >= 15 is 0 Å². The van der Waals surface area contributed by atoms with Gasteiger partial charge in [0.15, 0.2) is 5.43 Å². The van der Waals surface area contributed by atoms with Gasteiger partial charge in [-0.1, -0.05) is 42.5 Å². The second kappa shape index (κ2) is 12.3. The van der Waals surface area contributed by atoms with E-state index in [1.54, 1.807) is 42.5 Å². The molecule has 0 spiro atoms. The summed E-state index contributed by atoms with van der Waals surface area (Å²) in [5.41, 5.74) is 2.84. The maximum absolute atomic E-state index is 12.3. The normalized spacial score (nSPS) is 12.5. The highest BCUT2D eigenvalue weighted by atomic mass is 32.2. The number of nitriles is 1. The number of fused-ring (bicyclic) bond motifs is 2. The van der Waals surface area contributed by atoms with Crippen LogP contribution in [0, 0.1) is 11.3 Å². The van der Waals surface area contributed by atoms with Crippen molar-refractivity contribution in [2.75, 3.05) is 12.9 Å². The second-order valence-electron chi connectivity index (χ2n) is 9.36. The number of ether oxygens (including phenoxy) is 2. The molecule has 0 bridgehead atoms. The van der Waals surface area contributed by atoms with Gasteiger partial charge in [0.25, 0.3) is 0 Å². The molecule has 1 unspecified atom stereocenters. The Bertz CT molecular complexity index is 1830. The SMILES string of the molecule is COC(=O)CCSC(O)(Cc1ccc2c(=O)cc(C#N)oc2c1)c1cccc(OCc2ccc3ccccc3n2)c1. The molecule has 0 fully saturated rings. The number of aliphatic hydroxyl groups is 1. The summed E-state index contributed by atoms with van der Waals surface area (Å²) in [6, 6.07) is 26.9. The lowest BCUT2D eigenvalue weighted by molar-refractivity contribution is -0.140. The fraction of sp³-hybridized carbons (Fsp3) is 0.188. The lowest BCUT2D eigenvalue weighted by Gasteiger charge is -2.29. The Balaban J connectivity index is 1.41. The second-order valence-corrected chi connectivity index (χ2v) is 10.7. The van der Waals surface area contributed by atoms with Gasteiger partial charge in [0.05, 0.1) is 30.1 Å². The first-order valence-electron chi connectivity index (χ1n) is 12.8. The van der Waals surface area contributed by atoms with Gasteiger partial charge in [-0.2, -0.15) is 5.26 Å². The molecule has 41 heavy (non-hydrogen) atoms. The molecule has 0 saturated heterocycles. The lowest BCUT2D eigenvalue weighted by Crippen LogP contribution is -2.26. The number of carbonyl (C=O) groups excluding carboxylic acids is 1. The van der Waals surface area contributed by atoms with Gasteiger partial charge in [-0.15, -0.1) is 11.8 Å². The van der Waals surface area contributed by atoms with E-state index in [-0.39, 0.29) is 42.2 Å². The summed E-state index contributed by atoms with van der Waals surface area (Å²) in [5, 5.41) is 22.6. The van der Waals surface area contributed by atoms with E-state index in [0.717, 1.165) is 22.7 Å². The lowest BCUT2D eigenvalue weighted by atomic mass is 9.99. The van der Waals surface area contributed by atoms with Gasteiger partial charge >= 0.3 is 5.97 Å². The van der Waals surface area contributed by atoms with Crippen LogP contribution in [-0.4, -0.2) is 28.9 Å². The minimum absolute atomic E-state index is 0.0897. The summed E-state index contributed by atoms with van der Waals surface area (Å²) < 4.78 is 16.4. The van der Waals surface area contributed by atoms with Crippen LogP contribution in [0.1, 0.15) is 29.0 Å². The van der Waals surface area contributed by atoms with E-state index in [0.29, 0.717) is 28.0 Å². The third-order valence-electron chi connectivity index (χ3n) is 6.55. The summed E-state index contributed by atoms with van der Waals surface area (Å²) in [7, 11) is 1.32. The molecule has 5 aromatic rings. The standard InChI is InChI=1S/C32H26N2O6S/c1-38-31(36)13-14-41-32(37,18-21-9-12-27-29(35)17-26(19-33)40-30(27)15-21)23-6-4-7-25(16-23)39-20-24-11-10-22-5-2-3-8-28(22)34-24/h2-12,15-17,37H,13-14,18,20H2,1H3. The van der Waals surface area contributed by atoms with Gasteiger partial charge in [0.2, 0.25) is 5.76 Å². The number of pyridine rings is 1. The van der Waals surface area contributed by atoms with E-state index < -0.39 is 4.93 Å². The van der Waals surface area contributed by atoms with Crippen LogP contribution in [0.2, 0.25) is 0 Å². The largest absolute Gasteiger partial charge is 0.487 e. The number of aromatic nitrogens is 1. The summed E-state index contributed by atoms with van der Waals surface area (Å²) in [6.07, 6.45) is 0.246. The molecular formula is C32H26N2O6S. The zero-order valence-corrected chi connectivity index (χ0v) is 23.0. The van der Waals surface area contributed by atoms with E-state index in [2.05, 4.69) is 4.98 Å². The van der Waals surface area contributed by atoms with Gasteiger partial charge < -0.3 is 19.0 Å². The van der Waals surface area contributed by atoms with Crippen molar-refractivity contribution in [1.29, 1.82) is 5.26 Å². The first-order valence-corrected chi connectivity index (χ1v) is 13.8. The molecule has 1 N–H and O–H groups in total. The van der Waals surface area contributed by atoms with Crippen molar-refractivity contribution in [1.82, 2.24) is 4.98 Å². The number of para-hydroxylation sites is 1. The topological polar surface area (TPSA) is 123 Å². The monoisotopic (exact) mass is 566 g/mol. The molecule has 0 aliphatic heterocycles. The van der Waals surface area contributed by atoms with Crippen LogP contribution in [0.3, 0.4) is 0 Å². The summed E-state index contributed by atoms with van der Waals surface area (Å²) in [4.78, 5) is 27.3. The Kier molecular flexibility index (Phi) is 8.34. The average Bonchev–Trinajstić information content (AvgIpc) is 2.99. The van der Waals surface area contributed by atoms with Crippen molar-refractivity contribution in [2.45, 2.75) is 24.4 Å². The van der Waals surface area contributed by atoms with Crippen molar-refractivity contribution in [3.8, 4) is 11.8 Å². The number of esters is 1. The van der Waals surface area contributed by atoms with E-state index in [1.165, 1.54) is 18.9 Å². The van der Waals surface area contributed by atoms with Crippen molar-refractivity contribution in [2.24, 2.45) is 0 Å². The number of rotatable bonds is 10. The highest BCUT2D eigenvalue weighted by Gasteiger charge is 2.31. The molecule has 3 aromatic carbocycles. The molecule has 2 heterocycles. The molecule has 9 heteroatoms. The maximum Gasteiger partial charge on any atom is 0.306 e. The van der Waals surface area contributed by atoms with Crippen molar-refractivity contribution >= 4 is 39.6 Å². The van der Waals surface area contributed by atoms with Crippen molar-refractivity contribution < 1.29 is 23.8 Å². The Morgan fingerprint density at radius 3 is 2.76 bits per heavy atom. The zero-order chi connectivity index (χ0) is 28.8. The predicted molar refractivity (Wildman–Crippen MR) is 156 cm³/mol. The van der Waals surface area contributed by atoms with Gasteiger partial charge in [-0.05, 0) is 47.5 Å². The van der Waals surface area contributed by atoms with E-state index in [1.807, 2.05) is 42.5 Å². The fourth-order valence-corrected chi connectivity index (χ4v) is 5.63. The number of benzene rings is 3. The molecule has 0 amide bonds. The quantitative estimate of drug-likeness (QED) is 0.173. The third kappa shape index (κ3) is 6.57. The van der Waals surface area contributed by atoms with Crippen LogP contribution in [0.15, 0.2) is 94.1 Å². The maximum atomic E-state index is 12.3. The minimum Gasteiger partial charge on any atom is -0.487 e. The molecule has 0 aliphatic carbocycles. The molecule has 2 aromatic heterocycles. The first kappa shape index (κ1) is 27.9. The number of thioether (sulfide) groups is 1. The zero-order valence-electron chi connectivity index (χ0n) is 22.2. The molecule has 8 nitrogen and oxygen atoms in total. The number of methoxy groups -OCH3 is 1. The van der Waals surface area contributed by atoms with Crippen LogP contribution in [0.25, 0.3) is 21.9 Å². The molecule has 0 radical (unpaired) electrons. The molecule has 206 valence electrons. The van der Waals surface area contributed by atoms with Crippen LogP contribution in [-0.2, 0) is 27.5 Å². The van der Waals surface area contributed by atoms with Crippen LogP contribution < -0.4 is 10.2 Å². The van der Waals surface area contributed by atoms with Gasteiger partial charge in [-0.3, -0.25) is 9.59 Å². The summed E-state index contributed by atoms with van der Waals surface area (Å²) in [5.74, 6) is 0.383. The Morgan fingerprint density at radius 2 is 1.93 bits per heavy atom. The fourth-order valence-electron chi connectivity index (χ4n) is 4.46. The molecule has 1 atom stereocenters. The van der Waals surface area contributed by atoms with Gasteiger partial charge in [0.1, 0.15) is 28.9 Å². The number of nitrogens with zero attached hydrogens (tertiary/aromatic N) is 2. The Labute approximate surface area is 240 Å². The Morgan fingerprint density at radius 1 is 1.07 bits per heavy atom. The third-order valence-corrected chi connectivity index (χ3v) is 7.82. The van der Waals surface area contributed by atoms with Crippen molar-refractivity contribution in [3.63, 3.8) is 0 Å². The number of hydrogen-bond acceptors (Lipinski definition) is 9. The van der Waals surface area contributed by atoms with E-state index in [9.17, 15) is 20.0 Å². The highest BCUT2D eigenvalue weighted by Crippen LogP contribution is 2.39.